The zero-order valence-electron chi connectivity index (χ0n) is 25.8. The average molecular weight is 548 g/mol. The minimum Gasteiger partial charge on any atom is -0.363 e. The summed E-state index contributed by atoms with van der Waals surface area (Å²) in [5, 5.41) is 8.39. The second kappa shape index (κ2) is 11.0. The largest absolute Gasteiger partial charge is 0.363 e. The summed E-state index contributed by atoms with van der Waals surface area (Å²) in [6, 6.07) is 28.4. The molecule has 5 rings (SSSR count). The van der Waals surface area contributed by atoms with Crippen molar-refractivity contribution in [3.05, 3.63) is 107 Å². The number of rotatable bonds is 8. The van der Waals surface area contributed by atoms with Gasteiger partial charge in [-0.15, -0.1) is 0 Å². The zero-order chi connectivity index (χ0) is 29.4. The number of nitrogens with one attached hydrogen (secondary N) is 1. The molecule has 0 saturated heterocycles. The summed E-state index contributed by atoms with van der Waals surface area (Å²) in [6.07, 6.45) is 4.92. The first-order valence-electron chi connectivity index (χ1n) is 15.1. The van der Waals surface area contributed by atoms with Gasteiger partial charge in [0.15, 0.2) is 5.78 Å². The normalized spacial score (nSPS) is 16.6. The van der Waals surface area contributed by atoms with Crippen molar-refractivity contribution in [2.45, 2.75) is 96.6 Å². The first kappa shape index (κ1) is 28.9. The van der Waals surface area contributed by atoms with Crippen molar-refractivity contribution in [1.82, 2.24) is 9.78 Å². The first-order valence-corrected chi connectivity index (χ1v) is 15.1. The van der Waals surface area contributed by atoms with Gasteiger partial charge < -0.3 is 5.32 Å². The molecule has 4 heteroatoms. The fourth-order valence-electron chi connectivity index (χ4n) is 6.43. The maximum Gasteiger partial charge on any atom is 0.169 e. The highest BCUT2D eigenvalue weighted by Gasteiger charge is 2.38. The standard InChI is InChI=1S/C37H45N3O/c1-8-37(9-2,30-21-17-27(18-22-30)26-15-19-29(20-16-26)35(3,4)5)24-33(41)31-25-38-40-34(31)39-32(23-36(40,6)7)28-13-11-10-12-14-28/h10-22,25,32,39H,8-9,23-24H2,1-7H3. The number of hydrogen-bond donors (Lipinski definition) is 1. The summed E-state index contributed by atoms with van der Waals surface area (Å²) in [6.45, 7) is 15.5. The Morgan fingerprint density at radius 1 is 0.878 bits per heavy atom. The van der Waals surface area contributed by atoms with Crippen LogP contribution in [0, 0.1) is 0 Å². The average Bonchev–Trinajstić information content (AvgIpc) is 3.41. The Bertz CT molecular complexity index is 1480. The smallest absolute Gasteiger partial charge is 0.169 e. The Morgan fingerprint density at radius 3 is 1.98 bits per heavy atom. The van der Waals surface area contributed by atoms with Crippen LogP contribution in [0.15, 0.2) is 85.1 Å². The van der Waals surface area contributed by atoms with E-state index >= 15 is 0 Å². The lowest BCUT2D eigenvalue weighted by molar-refractivity contribution is 0.0944. The van der Waals surface area contributed by atoms with Crippen LogP contribution in [0.1, 0.15) is 107 Å². The van der Waals surface area contributed by atoms with Crippen LogP contribution in [0.3, 0.4) is 0 Å². The fourth-order valence-corrected chi connectivity index (χ4v) is 6.43. The molecule has 1 N–H and O–H groups in total. The van der Waals surface area contributed by atoms with Crippen LogP contribution < -0.4 is 5.32 Å². The number of ketones is 1. The Kier molecular flexibility index (Phi) is 7.72. The predicted octanol–water partition coefficient (Wildman–Crippen LogP) is 9.47. The highest BCUT2D eigenvalue weighted by atomic mass is 16.1. The van der Waals surface area contributed by atoms with Crippen molar-refractivity contribution in [3.8, 4) is 11.1 Å². The number of carbonyl (C=O) groups is 1. The van der Waals surface area contributed by atoms with Gasteiger partial charge in [-0.3, -0.25) is 4.79 Å². The van der Waals surface area contributed by atoms with Crippen molar-refractivity contribution >= 4 is 11.6 Å². The van der Waals surface area contributed by atoms with E-state index in [0.29, 0.717) is 12.0 Å². The third-order valence-corrected chi connectivity index (χ3v) is 9.29. The van der Waals surface area contributed by atoms with Crippen LogP contribution >= 0.6 is 0 Å². The first-order chi connectivity index (χ1) is 19.5. The Labute approximate surface area is 246 Å². The van der Waals surface area contributed by atoms with Crippen molar-refractivity contribution in [2.24, 2.45) is 0 Å². The second-order valence-corrected chi connectivity index (χ2v) is 13.4. The number of nitrogens with zero attached hydrogens (tertiary/aromatic N) is 2. The molecule has 1 aliphatic heterocycles. The van der Waals surface area contributed by atoms with Gasteiger partial charge in [-0.05, 0) is 66.3 Å². The van der Waals surface area contributed by atoms with Crippen LogP contribution in [-0.2, 0) is 16.4 Å². The molecule has 0 radical (unpaired) electrons. The molecule has 0 amide bonds. The number of aromatic nitrogens is 2. The van der Waals surface area contributed by atoms with Crippen LogP contribution in [0.2, 0.25) is 0 Å². The van der Waals surface area contributed by atoms with Gasteiger partial charge in [-0.2, -0.15) is 5.10 Å². The molecule has 3 aromatic carbocycles. The molecular weight excluding hydrogens is 502 g/mol. The molecule has 4 aromatic rings. The maximum atomic E-state index is 14.0. The van der Waals surface area contributed by atoms with E-state index in [4.69, 9.17) is 5.10 Å². The van der Waals surface area contributed by atoms with Gasteiger partial charge in [0.05, 0.1) is 23.3 Å². The van der Waals surface area contributed by atoms with E-state index in [1.807, 2.05) is 10.7 Å². The summed E-state index contributed by atoms with van der Waals surface area (Å²) in [4.78, 5) is 14.0. The highest BCUT2D eigenvalue weighted by Crippen LogP contribution is 2.42. The fraction of sp³-hybridized carbons (Fsp3) is 0.405. The van der Waals surface area contributed by atoms with Crippen molar-refractivity contribution < 1.29 is 4.79 Å². The van der Waals surface area contributed by atoms with E-state index in [9.17, 15) is 4.79 Å². The number of hydrogen-bond acceptors (Lipinski definition) is 3. The Morgan fingerprint density at radius 2 is 1.44 bits per heavy atom. The van der Waals surface area contributed by atoms with E-state index in [0.717, 1.165) is 25.1 Å². The molecule has 1 aliphatic rings. The van der Waals surface area contributed by atoms with E-state index in [1.165, 1.54) is 27.8 Å². The highest BCUT2D eigenvalue weighted by molar-refractivity contribution is 6.01. The molecule has 0 saturated carbocycles. The van der Waals surface area contributed by atoms with Crippen molar-refractivity contribution in [1.29, 1.82) is 0 Å². The maximum absolute atomic E-state index is 14.0. The minimum absolute atomic E-state index is 0.133. The van der Waals surface area contributed by atoms with Crippen molar-refractivity contribution in [2.75, 3.05) is 5.32 Å². The van der Waals surface area contributed by atoms with Crippen molar-refractivity contribution in [3.63, 3.8) is 0 Å². The topological polar surface area (TPSA) is 46.9 Å². The molecule has 1 unspecified atom stereocenters. The summed E-state index contributed by atoms with van der Waals surface area (Å²) in [5.74, 6) is 0.990. The molecule has 0 spiro atoms. The lowest BCUT2D eigenvalue weighted by Crippen LogP contribution is -2.38. The van der Waals surface area contributed by atoms with E-state index in [1.54, 1.807) is 6.20 Å². The van der Waals surface area contributed by atoms with E-state index < -0.39 is 0 Å². The quantitative estimate of drug-likeness (QED) is 0.223. The number of Topliss-reactive ketones (excluding diaryl/α,β-unsaturated/α-hetero) is 1. The van der Waals surface area contributed by atoms with Gasteiger partial charge in [0, 0.05) is 11.8 Å². The summed E-state index contributed by atoms with van der Waals surface area (Å²) >= 11 is 0. The summed E-state index contributed by atoms with van der Waals surface area (Å²) in [7, 11) is 0. The van der Waals surface area contributed by atoms with Gasteiger partial charge in [-0.25, -0.2) is 4.68 Å². The third-order valence-electron chi connectivity index (χ3n) is 9.29. The lowest BCUT2D eigenvalue weighted by Gasteiger charge is -2.38. The van der Waals surface area contributed by atoms with Crippen LogP contribution in [0.4, 0.5) is 5.82 Å². The Balaban J connectivity index is 1.40. The molecule has 0 bridgehead atoms. The number of fused-ring (bicyclic) bond motifs is 1. The monoisotopic (exact) mass is 547 g/mol. The van der Waals surface area contributed by atoms with Gasteiger partial charge in [0.1, 0.15) is 5.82 Å². The van der Waals surface area contributed by atoms with Gasteiger partial charge in [0.25, 0.3) is 0 Å². The molecule has 41 heavy (non-hydrogen) atoms. The molecule has 0 aliphatic carbocycles. The molecule has 4 nitrogen and oxygen atoms in total. The van der Waals surface area contributed by atoms with Gasteiger partial charge >= 0.3 is 0 Å². The van der Waals surface area contributed by atoms with Crippen LogP contribution in [-0.4, -0.2) is 15.6 Å². The molecule has 214 valence electrons. The van der Waals surface area contributed by atoms with Gasteiger partial charge in [-0.1, -0.05) is 113 Å². The number of carbonyl (C=O) groups excluding carboxylic acids is 1. The summed E-state index contributed by atoms with van der Waals surface area (Å²) < 4.78 is 2.01. The Hall–Kier alpha value is -3.66. The SMILES string of the molecule is CCC(CC)(CC(=O)c1cnn2c1NC(c1ccccc1)CC2(C)C)c1ccc(-c2ccc(C(C)(C)C)cc2)cc1. The summed E-state index contributed by atoms with van der Waals surface area (Å²) in [5.41, 5.74) is 6.61. The molecular formula is C37H45N3O. The molecule has 0 fully saturated rings. The molecule has 1 atom stereocenters. The number of anilines is 1. The zero-order valence-corrected chi connectivity index (χ0v) is 25.8. The van der Waals surface area contributed by atoms with Crippen LogP contribution in [0.25, 0.3) is 11.1 Å². The molecule has 2 heterocycles. The van der Waals surface area contributed by atoms with Gasteiger partial charge in [0.2, 0.25) is 0 Å². The predicted molar refractivity (Wildman–Crippen MR) is 171 cm³/mol. The number of benzene rings is 3. The van der Waals surface area contributed by atoms with E-state index in [2.05, 4.69) is 127 Å². The third kappa shape index (κ3) is 5.62. The molecule has 1 aromatic heterocycles. The van der Waals surface area contributed by atoms with Crippen LogP contribution in [0.5, 0.6) is 0 Å². The van der Waals surface area contributed by atoms with E-state index in [-0.39, 0.29) is 28.2 Å². The minimum atomic E-state index is -0.233. The lowest BCUT2D eigenvalue weighted by atomic mass is 9.71. The second-order valence-electron chi connectivity index (χ2n) is 13.4.